The Hall–Kier alpha value is 0.293. The maximum absolute atomic E-state index is 4.67. The van der Waals surface area contributed by atoms with Crippen LogP contribution < -0.4 is 0 Å². The van der Waals surface area contributed by atoms with Crippen molar-refractivity contribution in [1.82, 2.24) is 0 Å². The third-order valence-electron chi connectivity index (χ3n) is 4.92. The van der Waals surface area contributed by atoms with Crippen LogP contribution in [0.5, 0.6) is 0 Å². The van der Waals surface area contributed by atoms with Gasteiger partial charge < -0.3 is 0 Å². The Kier molecular flexibility index (Phi) is 7.63. The van der Waals surface area contributed by atoms with Crippen molar-refractivity contribution in [3.63, 3.8) is 0 Å². The van der Waals surface area contributed by atoms with Gasteiger partial charge in [0.05, 0.1) is 0 Å². The summed E-state index contributed by atoms with van der Waals surface area (Å²) in [5.41, 5.74) is 9.34. The van der Waals surface area contributed by atoms with Crippen LogP contribution in [0, 0.1) is 0 Å². The predicted molar refractivity (Wildman–Crippen MR) is 93.0 cm³/mol. The van der Waals surface area contributed by atoms with Crippen molar-refractivity contribution in [1.29, 1.82) is 0 Å². The molecule has 2 aliphatic carbocycles. The van der Waals surface area contributed by atoms with Crippen LogP contribution in [0.1, 0.15) is 54.4 Å². The molecule has 0 bridgehead atoms. The van der Waals surface area contributed by atoms with E-state index in [4.69, 9.17) is 0 Å². The Morgan fingerprint density at radius 1 is 0.650 bits per heavy atom. The summed E-state index contributed by atoms with van der Waals surface area (Å²) in [5.74, 6) is 0. The van der Waals surface area contributed by atoms with Crippen LogP contribution in [-0.2, 0) is 21.3 Å². The van der Waals surface area contributed by atoms with Crippen molar-refractivity contribution in [3.8, 4) is 0 Å². The van der Waals surface area contributed by atoms with Gasteiger partial charge in [-0.25, -0.2) is 0 Å². The van der Waals surface area contributed by atoms with E-state index >= 15 is 0 Å². The van der Waals surface area contributed by atoms with Gasteiger partial charge in [0.25, 0.3) is 0 Å². The van der Waals surface area contributed by atoms with Crippen LogP contribution in [-0.4, -0.2) is 4.21 Å². The van der Waals surface area contributed by atoms with E-state index in [-0.39, 0.29) is 24.8 Å². The minimum absolute atomic E-state index is 0. The molecule has 20 heavy (non-hydrogen) atoms. The van der Waals surface area contributed by atoms with Gasteiger partial charge in [-0.15, -0.1) is 24.8 Å². The molecule has 112 valence electrons. The Morgan fingerprint density at radius 3 is 1.15 bits per heavy atom. The van der Waals surface area contributed by atoms with E-state index in [2.05, 4.69) is 45.8 Å². The summed E-state index contributed by atoms with van der Waals surface area (Å²) in [6, 6.07) is 0. The molecule has 0 aromatic heterocycles. The Balaban J connectivity index is 0.00000180. The number of halogens is 2. The van der Waals surface area contributed by atoms with E-state index in [9.17, 15) is 0 Å². The SMILES string of the molecule is Cl.Cl.[CH2]=[Zr]([C]1=C(C)C(C)=C(C)C1)[C]1=C(C)C(C)=C(C)C1. The third kappa shape index (κ3) is 3.37. The standard InChI is InChI=1S/2C8H11.CH2.2ClH.Zr/c2*1-6-4-5-7(2)8(6)3;;;;/h2*4H2,1-3H3;1H2;2*1H;. The Labute approximate surface area is 144 Å². The monoisotopic (exact) mass is 390 g/mol. The summed E-state index contributed by atoms with van der Waals surface area (Å²) in [7, 11) is 0. The first-order valence-electron chi connectivity index (χ1n) is 6.77. The minimum atomic E-state index is -1.78. The molecule has 0 aromatic rings. The molecule has 0 atom stereocenters. The normalized spacial score (nSPS) is 18.7. The Morgan fingerprint density at radius 2 is 0.950 bits per heavy atom. The van der Waals surface area contributed by atoms with Gasteiger partial charge in [-0.2, -0.15) is 0 Å². The van der Waals surface area contributed by atoms with Crippen molar-refractivity contribution in [2.75, 3.05) is 0 Å². The van der Waals surface area contributed by atoms with Gasteiger partial charge in [0.2, 0.25) is 0 Å². The van der Waals surface area contributed by atoms with Gasteiger partial charge >= 0.3 is 120 Å². The molecule has 2 aliphatic rings. The van der Waals surface area contributed by atoms with Crippen LogP contribution in [0.3, 0.4) is 0 Å². The van der Waals surface area contributed by atoms with Gasteiger partial charge in [0.1, 0.15) is 0 Å². The van der Waals surface area contributed by atoms with Gasteiger partial charge in [-0.05, 0) is 0 Å². The van der Waals surface area contributed by atoms with Crippen LogP contribution >= 0.6 is 24.8 Å². The van der Waals surface area contributed by atoms with Gasteiger partial charge in [-0.1, -0.05) is 0 Å². The fourth-order valence-corrected chi connectivity index (χ4v) is 9.40. The third-order valence-corrected chi connectivity index (χ3v) is 11.2. The fraction of sp³-hybridized carbons (Fsp3) is 0.471. The molecule has 0 spiro atoms. The van der Waals surface area contributed by atoms with Crippen LogP contribution in [0.4, 0.5) is 0 Å². The number of hydrogen-bond donors (Lipinski definition) is 0. The average molecular weight is 393 g/mol. The van der Waals surface area contributed by atoms with Gasteiger partial charge in [0, 0.05) is 0 Å². The first-order valence-corrected chi connectivity index (χ1v) is 11.0. The molecule has 0 radical (unpaired) electrons. The molecule has 0 aromatic carbocycles. The van der Waals surface area contributed by atoms with E-state index in [1.807, 2.05) is 0 Å². The average Bonchev–Trinajstić information content (AvgIpc) is 2.74. The first kappa shape index (κ1) is 20.3. The summed E-state index contributed by atoms with van der Waals surface area (Å²) in [6.07, 6.45) is 2.43. The molecule has 0 nitrogen and oxygen atoms in total. The quantitative estimate of drug-likeness (QED) is 0.548. The van der Waals surface area contributed by atoms with E-state index < -0.39 is 21.3 Å². The summed E-state index contributed by atoms with van der Waals surface area (Å²) in [5, 5.41) is 0. The number of hydrogen-bond acceptors (Lipinski definition) is 0. The van der Waals surface area contributed by atoms with E-state index in [1.165, 1.54) is 24.0 Å². The van der Waals surface area contributed by atoms with Crippen molar-refractivity contribution in [2.24, 2.45) is 0 Å². The zero-order chi connectivity index (χ0) is 13.6. The molecule has 0 N–H and O–H groups in total. The molecule has 2 rings (SSSR count). The van der Waals surface area contributed by atoms with Crippen LogP contribution in [0.25, 0.3) is 0 Å². The zero-order valence-corrected chi connectivity index (χ0v) is 17.5. The predicted octanol–water partition coefficient (Wildman–Crippen LogP) is 5.91. The number of rotatable bonds is 2. The second-order valence-electron chi connectivity index (χ2n) is 5.85. The summed E-state index contributed by atoms with van der Waals surface area (Å²) in [4.78, 5) is 0. The van der Waals surface area contributed by atoms with E-state index in [1.54, 1.807) is 28.9 Å². The molecule has 0 fully saturated rings. The van der Waals surface area contributed by atoms with Gasteiger partial charge in [-0.3, -0.25) is 0 Å². The molecule has 0 unspecified atom stereocenters. The van der Waals surface area contributed by atoms with Crippen molar-refractivity contribution >= 4 is 29.0 Å². The summed E-state index contributed by atoms with van der Waals surface area (Å²) in [6.45, 7) is 13.7. The van der Waals surface area contributed by atoms with Crippen molar-refractivity contribution < 1.29 is 21.3 Å². The number of allylic oxidation sites excluding steroid dienone is 8. The fourth-order valence-electron chi connectivity index (χ4n) is 3.00. The molecular formula is C17H26Cl2Zr. The van der Waals surface area contributed by atoms with Gasteiger partial charge in [0.15, 0.2) is 0 Å². The molecule has 3 heteroatoms. The van der Waals surface area contributed by atoms with Crippen LogP contribution in [0.15, 0.2) is 40.0 Å². The van der Waals surface area contributed by atoms with Crippen LogP contribution in [0.2, 0.25) is 0 Å². The molecule has 0 heterocycles. The second-order valence-corrected chi connectivity index (χ2v) is 11.2. The molecule has 0 saturated heterocycles. The molecule has 0 amide bonds. The zero-order valence-electron chi connectivity index (χ0n) is 13.4. The maximum atomic E-state index is 4.67. The molecule has 0 saturated carbocycles. The summed E-state index contributed by atoms with van der Waals surface area (Å²) < 4.78 is 8.15. The molecule has 0 aliphatic heterocycles. The summed E-state index contributed by atoms with van der Waals surface area (Å²) >= 11 is -1.78. The molecular weight excluding hydrogens is 366 g/mol. The Bertz CT molecular complexity index is 522. The topological polar surface area (TPSA) is 0 Å². The van der Waals surface area contributed by atoms with E-state index in [0.717, 1.165) is 0 Å². The second kappa shape index (κ2) is 7.52. The van der Waals surface area contributed by atoms with E-state index in [0.29, 0.717) is 0 Å². The van der Waals surface area contributed by atoms with Crippen molar-refractivity contribution in [2.45, 2.75) is 54.4 Å². The first-order chi connectivity index (χ1) is 8.34. The van der Waals surface area contributed by atoms with Crippen molar-refractivity contribution in [3.05, 3.63) is 40.0 Å².